The fourth-order valence-electron chi connectivity index (χ4n) is 1.69. The van der Waals surface area contributed by atoms with Gasteiger partial charge >= 0.3 is 5.97 Å². The topological polar surface area (TPSA) is 47.6 Å². The number of thioether (sulfide) groups is 1. The van der Waals surface area contributed by atoms with Crippen LogP contribution >= 0.6 is 24.4 Å². The number of ether oxygens (including phenoxy) is 2. The molecule has 21 heavy (non-hydrogen) atoms. The van der Waals surface area contributed by atoms with E-state index in [9.17, 15) is 4.79 Å². The van der Waals surface area contributed by atoms with Crippen molar-refractivity contribution in [2.75, 3.05) is 26.5 Å². The van der Waals surface area contributed by atoms with Crippen LogP contribution in [0.1, 0.15) is 12.5 Å². The Morgan fingerprint density at radius 3 is 2.52 bits per heavy atom. The fraction of sp³-hybridized carbons (Fsp3) is 0.533. The van der Waals surface area contributed by atoms with Crippen LogP contribution in [0.3, 0.4) is 0 Å². The van der Waals surface area contributed by atoms with Gasteiger partial charge in [0, 0.05) is 23.3 Å². The molecular weight excluding hydrogens is 306 g/mol. The minimum atomic E-state index is -0.345. The zero-order chi connectivity index (χ0) is 15.7. The molecule has 0 fully saturated rings. The van der Waals surface area contributed by atoms with E-state index in [-0.39, 0.29) is 12.0 Å². The van der Waals surface area contributed by atoms with Crippen LogP contribution in [0.15, 0.2) is 24.3 Å². The van der Waals surface area contributed by atoms with E-state index in [2.05, 4.69) is 37.0 Å². The summed E-state index contributed by atoms with van der Waals surface area (Å²) >= 11 is 5.99. The second-order valence-electron chi connectivity index (χ2n) is 4.64. The summed E-state index contributed by atoms with van der Waals surface area (Å²) in [5.74, 6) is 1.96. The molecule has 1 aromatic carbocycles. The van der Waals surface area contributed by atoms with E-state index < -0.39 is 0 Å². The molecule has 1 unspecified atom stereocenters. The highest BCUT2D eigenvalue weighted by Gasteiger charge is 2.17. The highest BCUT2D eigenvalue weighted by Crippen LogP contribution is 2.19. The molecule has 118 valence electrons. The molecular formula is C15H23NO3S2. The van der Waals surface area contributed by atoms with E-state index in [1.165, 1.54) is 12.7 Å². The number of thiol groups is 1. The predicted molar refractivity (Wildman–Crippen MR) is 91.4 cm³/mol. The molecule has 0 aliphatic carbocycles. The van der Waals surface area contributed by atoms with Gasteiger partial charge in [0.25, 0.3) is 0 Å². The van der Waals surface area contributed by atoms with Gasteiger partial charge in [0.05, 0.1) is 14.2 Å². The van der Waals surface area contributed by atoms with E-state index in [0.29, 0.717) is 11.0 Å². The van der Waals surface area contributed by atoms with Gasteiger partial charge in [-0.15, -0.1) is 0 Å². The molecule has 0 radical (unpaired) electrons. The Kier molecular flexibility index (Phi) is 8.64. The highest BCUT2D eigenvalue weighted by atomic mass is 32.2. The van der Waals surface area contributed by atoms with Crippen molar-refractivity contribution in [1.82, 2.24) is 5.32 Å². The molecule has 0 aromatic heterocycles. The van der Waals surface area contributed by atoms with Crippen molar-refractivity contribution < 1.29 is 14.3 Å². The molecule has 1 N–H and O–H groups in total. The SMILES string of the molecule is COC(=O)[C@H](CS)NCC(C)SCc1ccc(OC)cc1. The van der Waals surface area contributed by atoms with Gasteiger partial charge in [-0.25, -0.2) is 0 Å². The molecule has 2 atom stereocenters. The second-order valence-corrected chi connectivity index (χ2v) is 6.43. The summed E-state index contributed by atoms with van der Waals surface area (Å²) in [6.45, 7) is 2.87. The summed E-state index contributed by atoms with van der Waals surface area (Å²) in [5.41, 5.74) is 1.26. The summed E-state index contributed by atoms with van der Waals surface area (Å²) in [7, 11) is 3.05. The van der Waals surface area contributed by atoms with Crippen LogP contribution in [0.5, 0.6) is 5.75 Å². The Hall–Kier alpha value is -0.850. The molecule has 0 saturated heterocycles. The predicted octanol–water partition coefficient (Wildman–Crippen LogP) is 2.38. The first-order valence-corrected chi connectivity index (χ1v) is 8.45. The lowest BCUT2D eigenvalue weighted by atomic mass is 10.2. The van der Waals surface area contributed by atoms with Gasteiger partial charge in [0.1, 0.15) is 11.8 Å². The minimum absolute atomic E-state index is 0.266. The molecule has 6 heteroatoms. The maximum absolute atomic E-state index is 11.4. The van der Waals surface area contributed by atoms with Crippen molar-refractivity contribution in [3.63, 3.8) is 0 Å². The number of methoxy groups -OCH3 is 2. The number of esters is 1. The minimum Gasteiger partial charge on any atom is -0.497 e. The number of carbonyl (C=O) groups is 1. The first-order chi connectivity index (χ1) is 10.1. The molecule has 0 saturated carbocycles. The van der Waals surface area contributed by atoms with Crippen molar-refractivity contribution >= 4 is 30.4 Å². The Bertz CT molecular complexity index is 425. The summed E-state index contributed by atoms with van der Waals surface area (Å²) in [4.78, 5) is 11.4. The van der Waals surface area contributed by atoms with Crippen molar-refractivity contribution in [1.29, 1.82) is 0 Å². The molecule has 0 aliphatic heterocycles. The van der Waals surface area contributed by atoms with Crippen molar-refractivity contribution in [2.45, 2.75) is 24.0 Å². The monoisotopic (exact) mass is 329 g/mol. The van der Waals surface area contributed by atoms with Crippen LogP contribution in [0.4, 0.5) is 0 Å². The fourth-order valence-corrected chi connectivity index (χ4v) is 2.85. The van der Waals surface area contributed by atoms with Gasteiger partial charge in [0.15, 0.2) is 0 Å². The average molecular weight is 329 g/mol. The first-order valence-electron chi connectivity index (χ1n) is 6.77. The van der Waals surface area contributed by atoms with Crippen molar-refractivity contribution in [3.8, 4) is 5.75 Å². The Balaban J connectivity index is 2.32. The Morgan fingerprint density at radius 1 is 1.33 bits per heavy atom. The van der Waals surface area contributed by atoms with Crippen LogP contribution in [0.2, 0.25) is 0 Å². The number of benzene rings is 1. The molecule has 0 amide bonds. The molecule has 0 heterocycles. The summed E-state index contributed by atoms with van der Waals surface area (Å²) in [6, 6.07) is 7.72. The number of hydrogen-bond donors (Lipinski definition) is 2. The van der Waals surface area contributed by atoms with Gasteiger partial charge in [-0.3, -0.25) is 4.79 Å². The largest absolute Gasteiger partial charge is 0.497 e. The van der Waals surface area contributed by atoms with E-state index in [1.807, 2.05) is 23.9 Å². The maximum Gasteiger partial charge on any atom is 0.323 e. The van der Waals surface area contributed by atoms with Gasteiger partial charge < -0.3 is 14.8 Å². The van der Waals surface area contributed by atoms with E-state index in [0.717, 1.165) is 18.0 Å². The molecule has 0 aliphatic rings. The number of carbonyl (C=O) groups excluding carboxylic acids is 1. The van der Waals surface area contributed by atoms with Gasteiger partial charge in [-0.1, -0.05) is 19.1 Å². The first kappa shape index (κ1) is 18.2. The quantitative estimate of drug-likeness (QED) is 0.538. The van der Waals surface area contributed by atoms with Gasteiger partial charge in [0.2, 0.25) is 0 Å². The maximum atomic E-state index is 11.4. The van der Waals surface area contributed by atoms with Crippen LogP contribution < -0.4 is 10.1 Å². The zero-order valence-electron chi connectivity index (χ0n) is 12.7. The summed E-state index contributed by atoms with van der Waals surface area (Å²) in [5, 5.41) is 3.57. The second kappa shape index (κ2) is 9.97. The van der Waals surface area contributed by atoms with Crippen molar-refractivity contribution in [2.24, 2.45) is 0 Å². The van der Waals surface area contributed by atoms with E-state index in [1.54, 1.807) is 7.11 Å². The molecule has 0 spiro atoms. The molecule has 4 nitrogen and oxygen atoms in total. The lowest BCUT2D eigenvalue weighted by Crippen LogP contribution is -2.41. The molecule has 0 bridgehead atoms. The van der Waals surface area contributed by atoms with E-state index >= 15 is 0 Å². The summed E-state index contributed by atoms with van der Waals surface area (Å²) < 4.78 is 9.85. The number of hydrogen-bond acceptors (Lipinski definition) is 6. The third kappa shape index (κ3) is 6.63. The van der Waals surface area contributed by atoms with Crippen LogP contribution in [0, 0.1) is 0 Å². The van der Waals surface area contributed by atoms with Crippen molar-refractivity contribution in [3.05, 3.63) is 29.8 Å². The van der Waals surface area contributed by atoms with Gasteiger partial charge in [-0.2, -0.15) is 24.4 Å². The number of rotatable bonds is 9. The van der Waals surface area contributed by atoms with Crippen LogP contribution in [0.25, 0.3) is 0 Å². The lowest BCUT2D eigenvalue weighted by molar-refractivity contribution is -0.142. The zero-order valence-corrected chi connectivity index (χ0v) is 14.4. The number of nitrogens with one attached hydrogen (secondary N) is 1. The lowest BCUT2D eigenvalue weighted by Gasteiger charge is -2.17. The Labute approximate surface area is 136 Å². The van der Waals surface area contributed by atoms with Crippen LogP contribution in [-0.2, 0) is 15.3 Å². The normalized spacial score (nSPS) is 13.5. The summed E-state index contributed by atoms with van der Waals surface area (Å²) in [6.07, 6.45) is 0. The Morgan fingerprint density at radius 2 is 2.00 bits per heavy atom. The smallest absolute Gasteiger partial charge is 0.323 e. The van der Waals surface area contributed by atoms with E-state index in [4.69, 9.17) is 9.47 Å². The average Bonchev–Trinajstić information content (AvgIpc) is 2.53. The highest BCUT2D eigenvalue weighted by molar-refractivity contribution is 7.99. The third-order valence-corrected chi connectivity index (χ3v) is 4.61. The third-order valence-electron chi connectivity index (χ3n) is 3.01. The van der Waals surface area contributed by atoms with Crippen LogP contribution in [-0.4, -0.2) is 43.8 Å². The standard InChI is InChI=1S/C15H23NO3S2/c1-11(8-16-14(9-20)15(17)19-3)21-10-12-4-6-13(18-2)7-5-12/h4-7,11,14,16,20H,8-10H2,1-3H3/t11?,14-/m0/s1. The molecule has 1 rings (SSSR count). The van der Waals surface area contributed by atoms with Gasteiger partial charge in [-0.05, 0) is 17.7 Å². The molecule has 1 aromatic rings.